The van der Waals surface area contributed by atoms with E-state index in [1.165, 1.54) is 57.8 Å². The second-order valence-corrected chi connectivity index (χ2v) is 6.30. The molecule has 0 aromatic heterocycles. The van der Waals surface area contributed by atoms with E-state index in [1.54, 1.807) is 0 Å². The molecule has 2 atom stereocenters. The molecule has 0 saturated heterocycles. The van der Waals surface area contributed by atoms with Crippen LogP contribution >= 0.6 is 0 Å². The molecule has 0 fully saturated rings. The predicted octanol–water partition coefficient (Wildman–Crippen LogP) is 5.21. The number of hydrogen-bond acceptors (Lipinski definition) is 2. The Morgan fingerprint density at radius 3 is 1.35 bits per heavy atom. The summed E-state index contributed by atoms with van der Waals surface area (Å²) in [7, 11) is 0. The Bertz CT molecular complexity index is 182. The molecular weight excluding hydrogens is 248 g/mol. The van der Waals surface area contributed by atoms with E-state index in [0.29, 0.717) is 6.42 Å². The lowest BCUT2D eigenvalue weighted by Crippen LogP contribution is -2.17. The van der Waals surface area contributed by atoms with Crippen molar-refractivity contribution in [2.24, 2.45) is 0 Å². The summed E-state index contributed by atoms with van der Waals surface area (Å²) >= 11 is 0. The SMILES string of the molecule is CCCCCCCCCC(O)CC(O)CCCCCC. The van der Waals surface area contributed by atoms with Crippen molar-refractivity contribution in [3.63, 3.8) is 0 Å². The van der Waals surface area contributed by atoms with Crippen LogP contribution in [0.25, 0.3) is 0 Å². The van der Waals surface area contributed by atoms with E-state index in [4.69, 9.17) is 0 Å². The van der Waals surface area contributed by atoms with Crippen molar-refractivity contribution in [2.45, 2.75) is 116 Å². The van der Waals surface area contributed by atoms with Gasteiger partial charge in [0.2, 0.25) is 0 Å². The maximum absolute atomic E-state index is 9.90. The zero-order valence-corrected chi connectivity index (χ0v) is 13.9. The number of aliphatic hydroxyl groups is 2. The first-order valence-electron chi connectivity index (χ1n) is 9.06. The highest BCUT2D eigenvalue weighted by atomic mass is 16.3. The van der Waals surface area contributed by atoms with Gasteiger partial charge in [-0.1, -0.05) is 84.5 Å². The maximum atomic E-state index is 9.90. The Kier molecular flexibility index (Phi) is 15.3. The normalized spacial score (nSPS) is 14.4. The van der Waals surface area contributed by atoms with E-state index >= 15 is 0 Å². The average Bonchev–Trinajstić information content (AvgIpc) is 2.42. The molecule has 2 N–H and O–H groups in total. The lowest BCUT2D eigenvalue weighted by atomic mass is 10.00. The minimum absolute atomic E-state index is 0.299. The van der Waals surface area contributed by atoms with Crippen LogP contribution in [0.4, 0.5) is 0 Å². The summed E-state index contributed by atoms with van der Waals surface area (Å²) in [4.78, 5) is 0. The molecule has 0 heterocycles. The fourth-order valence-electron chi connectivity index (χ4n) is 2.69. The van der Waals surface area contributed by atoms with Crippen LogP contribution < -0.4 is 0 Å². The standard InChI is InChI=1S/C18H38O2/c1-3-5-7-9-10-11-13-15-18(20)16-17(19)14-12-8-6-4-2/h17-20H,3-16H2,1-2H3. The Labute approximate surface area is 127 Å². The quantitative estimate of drug-likeness (QED) is 0.406. The van der Waals surface area contributed by atoms with Crippen molar-refractivity contribution in [1.29, 1.82) is 0 Å². The highest BCUT2D eigenvalue weighted by Crippen LogP contribution is 2.14. The Hall–Kier alpha value is -0.0800. The van der Waals surface area contributed by atoms with Crippen LogP contribution in [-0.4, -0.2) is 22.4 Å². The van der Waals surface area contributed by atoms with E-state index in [0.717, 1.165) is 25.7 Å². The van der Waals surface area contributed by atoms with Crippen LogP contribution in [0.5, 0.6) is 0 Å². The van der Waals surface area contributed by atoms with Gasteiger partial charge in [-0.3, -0.25) is 0 Å². The summed E-state index contributed by atoms with van der Waals surface area (Å²) in [5.41, 5.74) is 0. The van der Waals surface area contributed by atoms with Crippen LogP contribution in [0.3, 0.4) is 0 Å². The number of unbranched alkanes of at least 4 members (excludes halogenated alkanes) is 9. The van der Waals surface area contributed by atoms with Crippen LogP contribution in [0.1, 0.15) is 104 Å². The van der Waals surface area contributed by atoms with Crippen molar-refractivity contribution < 1.29 is 10.2 Å². The second-order valence-electron chi connectivity index (χ2n) is 6.30. The highest BCUT2D eigenvalue weighted by Gasteiger charge is 2.11. The molecular formula is C18H38O2. The molecule has 2 unspecified atom stereocenters. The number of rotatable bonds is 15. The van der Waals surface area contributed by atoms with Gasteiger partial charge >= 0.3 is 0 Å². The average molecular weight is 287 g/mol. The Morgan fingerprint density at radius 2 is 0.900 bits per heavy atom. The third-order valence-electron chi connectivity index (χ3n) is 4.08. The maximum Gasteiger partial charge on any atom is 0.0564 e. The molecule has 0 bridgehead atoms. The number of hydrogen-bond donors (Lipinski definition) is 2. The van der Waals surface area contributed by atoms with E-state index < -0.39 is 0 Å². The monoisotopic (exact) mass is 286 g/mol. The van der Waals surface area contributed by atoms with E-state index in [1.807, 2.05) is 0 Å². The van der Waals surface area contributed by atoms with E-state index in [-0.39, 0.29) is 12.2 Å². The van der Waals surface area contributed by atoms with Crippen molar-refractivity contribution in [3.8, 4) is 0 Å². The lowest BCUT2D eigenvalue weighted by Gasteiger charge is -2.15. The summed E-state index contributed by atoms with van der Waals surface area (Å²) in [5, 5.41) is 19.8. The van der Waals surface area contributed by atoms with E-state index in [9.17, 15) is 10.2 Å². The molecule has 0 aliphatic heterocycles. The van der Waals surface area contributed by atoms with Gasteiger partial charge in [-0.2, -0.15) is 0 Å². The molecule has 0 aliphatic carbocycles. The predicted molar refractivity (Wildman–Crippen MR) is 88.0 cm³/mol. The summed E-state index contributed by atoms with van der Waals surface area (Å²) < 4.78 is 0. The van der Waals surface area contributed by atoms with Crippen molar-refractivity contribution in [3.05, 3.63) is 0 Å². The fourth-order valence-corrected chi connectivity index (χ4v) is 2.69. The minimum Gasteiger partial charge on any atom is -0.393 e. The smallest absolute Gasteiger partial charge is 0.0564 e. The topological polar surface area (TPSA) is 40.5 Å². The molecule has 0 saturated carbocycles. The first-order valence-corrected chi connectivity index (χ1v) is 9.06. The largest absolute Gasteiger partial charge is 0.393 e. The summed E-state index contributed by atoms with van der Waals surface area (Å²) in [5.74, 6) is 0. The molecule has 0 rings (SSSR count). The molecule has 0 aromatic carbocycles. The molecule has 0 spiro atoms. The van der Waals surface area contributed by atoms with Crippen LogP contribution in [-0.2, 0) is 0 Å². The minimum atomic E-state index is -0.300. The zero-order chi connectivity index (χ0) is 15.1. The molecule has 0 aliphatic rings. The van der Waals surface area contributed by atoms with Crippen LogP contribution in [0.2, 0.25) is 0 Å². The first-order chi connectivity index (χ1) is 9.70. The van der Waals surface area contributed by atoms with Crippen LogP contribution in [0, 0.1) is 0 Å². The Balaban J connectivity index is 3.32. The van der Waals surface area contributed by atoms with Gasteiger partial charge in [-0.15, -0.1) is 0 Å². The second kappa shape index (κ2) is 15.3. The first kappa shape index (κ1) is 19.9. The summed E-state index contributed by atoms with van der Waals surface area (Å²) in [6.07, 6.45) is 15.5. The lowest BCUT2D eigenvalue weighted by molar-refractivity contribution is 0.0680. The van der Waals surface area contributed by atoms with Gasteiger partial charge in [0.05, 0.1) is 12.2 Å². The molecule has 0 amide bonds. The van der Waals surface area contributed by atoms with Crippen LogP contribution in [0.15, 0.2) is 0 Å². The molecule has 122 valence electrons. The van der Waals surface area contributed by atoms with Gasteiger partial charge in [-0.05, 0) is 19.3 Å². The van der Waals surface area contributed by atoms with Gasteiger partial charge in [-0.25, -0.2) is 0 Å². The fraction of sp³-hybridized carbons (Fsp3) is 1.00. The van der Waals surface area contributed by atoms with Crippen molar-refractivity contribution >= 4 is 0 Å². The Morgan fingerprint density at radius 1 is 0.550 bits per heavy atom. The molecule has 0 radical (unpaired) electrons. The van der Waals surface area contributed by atoms with Gasteiger partial charge in [0, 0.05) is 0 Å². The van der Waals surface area contributed by atoms with Crippen molar-refractivity contribution in [2.75, 3.05) is 0 Å². The van der Waals surface area contributed by atoms with Gasteiger partial charge in [0.25, 0.3) is 0 Å². The van der Waals surface area contributed by atoms with E-state index in [2.05, 4.69) is 13.8 Å². The zero-order valence-electron chi connectivity index (χ0n) is 13.9. The molecule has 2 nitrogen and oxygen atoms in total. The highest BCUT2D eigenvalue weighted by molar-refractivity contribution is 4.64. The molecule has 0 aromatic rings. The molecule has 2 heteroatoms. The third kappa shape index (κ3) is 14.3. The van der Waals surface area contributed by atoms with Crippen molar-refractivity contribution in [1.82, 2.24) is 0 Å². The summed E-state index contributed by atoms with van der Waals surface area (Å²) in [6.45, 7) is 4.44. The third-order valence-corrected chi connectivity index (χ3v) is 4.08. The van der Waals surface area contributed by atoms with Gasteiger partial charge < -0.3 is 10.2 Å². The molecule has 20 heavy (non-hydrogen) atoms. The van der Waals surface area contributed by atoms with Gasteiger partial charge in [0.15, 0.2) is 0 Å². The summed E-state index contributed by atoms with van der Waals surface area (Å²) in [6, 6.07) is 0. The van der Waals surface area contributed by atoms with Gasteiger partial charge in [0.1, 0.15) is 0 Å². The number of aliphatic hydroxyl groups excluding tert-OH is 2.